The summed E-state index contributed by atoms with van der Waals surface area (Å²) in [5.41, 5.74) is 1.17. The van der Waals surface area contributed by atoms with Crippen molar-refractivity contribution in [2.24, 2.45) is 0 Å². The zero-order valence-corrected chi connectivity index (χ0v) is 9.29. The summed E-state index contributed by atoms with van der Waals surface area (Å²) in [6, 6.07) is 9.59. The lowest BCUT2D eigenvalue weighted by atomic mass is 10.2. The molecule has 1 aromatic rings. The highest BCUT2D eigenvalue weighted by Gasteiger charge is 1.94. The molecule has 1 N–H and O–H groups in total. The van der Waals surface area contributed by atoms with Gasteiger partial charge in [-0.05, 0) is 24.6 Å². The Kier molecular flexibility index (Phi) is 5.55. The lowest BCUT2D eigenvalue weighted by molar-refractivity contribution is 0.368. The molecule has 1 aromatic carbocycles. The molecule has 0 spiro atoms. The summed E-state index contributed by atoms with van der Waals surface area (Å²) in [4.78, 5) is 0. The monoisotopic (exact) mass is 214 g/mol. The lowest BCUT2D eigenvalue weighted by Gasteiger charge is -2.04. The van der Waals surface area contributed by atoms with Crippen molar-refractivity contribution >= 4 is 0 Å². The maximum Gasteiger partial charge on any atom is 0.174 e. The molecule has 0 heterocycles. The van der Waals surface area contributed by atoms with Crippen LogP contribution in [0.3, 0.4) is 0 Å². The molecule has 0 aromatic heterocycles. The van der Waals surface area contributed by atoms with Gasteiger partial charge in [-0.15, -0.1) is 5.92 Å². The third-order valence-electron chi connectivity index (χ3n) is 1.95. The van der Waals surface area contributed by atoms with Crippen molar-refractivity contribution in [3.05, 3.63) is 29.8 Å². The van der Waals surface area contributed by atoms with E-state index in [9.17, 15) is 0 Å². The molecule has 3 heteroatoms. The summed E-state index contributed by atoms with van der Waals surface area (Å²) in [7, 11) is 0. The van der Waals surface area contributed by atoms with Crippen LogP contribution in [0.2, 0.25) is 0 Å². The number of hydrogen-bond acceptors (Lipinski definition) is 3. The molecule has 0 unspecified atom stereocenters. The summed E-state index contributed by atoms with van der Waals surface area (Å²) < 4.78 is 5.15. The molecule has 0 saturated heterocycles. The number of nitrogens with one attached hydrogen (secondary N) is 1. The number of nitriles is 1. The number of benzene rings is 1. The van der Waals surface area contributed by atoms with E-state index in [0.29, 0.717) is 6.54 Å². The van der Waals surface area contributed by atoms with E-state index >= 15 is 0 Å². The predicted molar refractivity (Wildman–Crippen MR) is 62.7 cm³/mol. The minimum absolute atomic E-state index is 0.0870. The van der Waals surface area contributed by atoms with Crippen molar-refractivity contribution < 1.29 is 4.74 Å². The molecular weight excluding hydrogens is 200 g/mol. The largest absolute Gasteiger partial charge is 0.479 e. The van der Waals surface area contributed by atoms with Crippen LogP contribution in [0.1, 0.15) is 12.5 Å². The number of nitrogens with zero attached hydrogens (tertiary/aromatic N) is 1. The van der Waals surface area contributed by atoms with Crippen molar-refractivity contribution in [2.75, 3.05) is 13.2 Å². The molecule has 82 valence electrons. The molecule has 1 rings (SSSR count). The van der Waals surface area contributed by atoms with E-state index in [1.165, 1.54) is 5.56 Å². The summed E-state index contributed by atoms with van der Waals surface area (Å²) in [6.07, 6.45) is 0. The third-order valence-corrected chi connectivity index (χ3v) is 1.95. The molecule has 0 radical (unpaired) electrons. The fourth-order valence-corrected chi connectivity index (χ4v) is 1.18. The summed E-state index contributed by atoms with van der Waals surface area (Å²) in [6.45, 7) is 3.39. The number of hydrogen-bond donors (Lipinski definition) is 1. The van der Waals surface area contributed by atoms with Gasteiger partial charge in [-0.25, -0.2) is 0 Å². The predicted octanol–water partition coefficient (Wildman–Crippen LogP) is 1.70. The van der Waals surface area contributed by atoms with Crippen LogP contribution in [0.25, 0.3) is 0 Å². The van der Waals surface area contributed by atoms with Gasteiger partial charge in [0.2, 0.25) is 0 Å². The van der Waals surface area contributed by atoms with E-state index in [0.717, 1.165) is 12.3 Å². The van der Waals surface area contributed by atoms with Crippen LogP contribution in [-0.4, -0.2) is 13.2 Å². The first-order valence-electron chi connectivity index (χ1n) is 5.06. The smallest absolute Gasteiger partial charge is 0.174 e. The molecule has 16 heavy (non-hydrogen) atoms. The van der Waals surface area contributed by atoms with Gasteiger partial charge in [0.1, 0.15) is 11.8 Å². The second kappa shape index (κ2) is 7.34. The van der Waals surface area contributed by atoms with Crippen molar-refractivity contribution in [1.29, 1.82) is 5.26 Å². The first-order chi connectivity index (χ1) is 7.86. The highest BCUT2D eigenvalue weighted by molar-refractivity contribution is 5.27. The quantitative estimate of drug-likeness (QED) is 0.599. The van der Waals surface area contributed by atoms with Crippen LogP contribution >= 0.6 is 0 Å². The Morgan fingerprint density at radius 3 is 2.69 bits per heavy atom. The minimum Gasteiger partial charge on any atom is -0.479 e. The van der Waals surface area contributed by atoms with Gasteiger partial charge in [0.15, 0.2) is 6.61 Å². The highest BCUT2D eigenvalue weighted by atomic mass is 16.5. The first-order valence-corrected chi connectivity index (χ1v) is 5.06. The highest BCUT2D eigenvalue weighted by Crippen LogP contribution is 2.11. The van der Waals surface area contributed by atoms with E-state index in [-0.39, 0.29) is 6.61 Å². The van der Waals surface area contributed by atoms with Gasteiger partial charge in [0.25, 0.3) is 0 Å². The van der Waals surface area contributed by atoms with Crippen LogP contribution < -0.4 is 10.1 Å². The van der Waals surface area contributed by atoms with Crippen LogP contribution in [0, 0.1) is 23.2 Å². The maximum absolute atomic E-state index is 8.35. The molecule has 0 aliphatic heterocycles. The maximum atomic E-state index is 8.35. The van der Waals surface area contributed by atoms with Crippen LogP contribution in [0.15, 0.2) is 24.3 Å². The van der Waals surface area contributed by atoms with Gasteiger partial charge in [0.05, 0.1) is 6.54 Å². The van der Waals surface area contributed by atoms with Crippen molar-refractivity contribution in [2.45, 2.75) is 13.5 Å². The van der Waals surface area contributed by atoms with Crippen molar-refractivity contribution in [3.63, 3.8) is 0 Å². The Labute approximate surface area is 96.0 Å². The molecule has 0 saturated carbocycles. The summed E-state index contributed by atoms with van der Waals surface area (Å²) >= 11 is 0. The van der Waals surface area contributed by atoms with Gasteiger partial charge in [0, 0.05) is 6.54 Å². The van der Waals surface area contributed by atoms with E-state index in [1.54, 1.807) is 0 Å². The number of rotatable bonds is 5. The first kappa shape index (κ1) is 12.1. The third kappa shape index (κ3) is 4.50. The fourth-order valence-electron chi connectivity index (χ4n) is 1.18. The normalized spacial score (nSPS) is 8.75. The average Bonchev–Trinajstić information content (AvgIpc) is 2.33. The van der Waals surface area contributed by atoms with Gasteiger partial charge < -0.3 is 10.1 Å². The Morgan fingerprint density at radius 1 is 1.31 bits per heavy atom. The van der Waals surface area contributed by atoms with Gasteiger partial charge in [-0.3, -0.25) is 0 Å². The van der Waals surface area contributed by atoms with Gasteiger partial charge in [-0.1, -0.05) is 18.1 Å². The second-order valence-corrected chi connectivity index (χ2v) is 3.12. The molecule has 0 bridgehead atoms. The Morgan fingerprint density at radius 2 is 2.06 bits per heavy atom. The topological polar surface area (TPSA) is 45.0 Å². The molecular formula is C13H14N2O. The standard InChI is InChI=1S/C13H14N2O/c1-2-3-9-15-11-12-4-6-13(7-5-12)16-10-8-14/h4-7,15H,9-11H2,1H3. The molecule has 0 fully saturated rings. The zero-order chi connectivity index (χ0) is 11.6. The Balaban J connectivity index is 2.38. The van der Waals surface area contributed by atoms with E-state index in [1.807, 2.05) is 37.3 Å². The van der Waals surface area contributed by atoms with Crippen LogP contribution in [-0.2, 0) is 6.54 Å². The van der Waals surface area contributed by atoms with Gasteiger partial charge >= 0.3 is 0 Å². The SMILES string of the molecule is CC#CCNCc1ccc(OCC#N)cc1. The second-order valence-electron chi connectivity index (χ2n) is 3.12. The lowest BCUT2D eigenvalue weighted by Crippen LogP contribution is -2.12. The average molecular weight is 214 g/mol. The molecule has 0 atom stereocenters. The van der Waals surface area contributed by atoms with Crippen LogP contribution in [0.4, 0.5) is 0 Å². The van der Waals surface area contributed by atoms with Gasteiger partial charge in [-0.2, -0.15) is 5.26 Å². The Bertz CT molecular complexity index is 406. The molecule has 0 amide bonds. The van der Waals surface area contributed by atoms with E-state index in [4.69, 9.17) is 10.00 Å². The zero-order valence-electron chi connectivity index (χ0n) is 9.29. The molecule has 0 aliphatic rings. The van der Waals surface area contributed by atoms with Crippen molar-refractivity contribution in [1.82, 2.24) is 5.32 Å². The van der Waals surface area contributed by atoms with Crippen LogP contribution in [0.5, 0.6) is 5.75 Å². The van der Waals surface area contributed by atoms with Crippen molar-refractivity contribution in [3.8, 4) is 23.7 Å². The molecule has 0 aliphatic carbocycles. The molecule has 3 nitrogen and oxygen atoms in total. The van der Waals surface area contributed by atoms with E-state index in [2.05, 4.69) is 17.2 Å². The number of ether oxygens (including phenoxy) is 1. The summed E-state index contributed by atoms with van der Waals surface area (Å²) in [5.74, 6) is 6.48. The summed E-state index contributed by atoms with van der Waals surface area (Å²) in [5, 5.41) is 11.5. The Hall–Kier alpha value is -1.97. The fraction of sp³-hybridized carbons (Fsp3) is 0.308. The van der Waals surface area contributed by atoms with E-state index < -0.39 is 0 Å². The minimum atomic E-state index is 0.0870.